The summed E-state index contributed by atoms with van der Waals surface area (Å²) >= 11 is 4.17. The van der Waals surface area contributed by atoms with Crippen LogP contribution in [0.25, 0.3) is 0 Å². The highest BCUT2D eigenvalue weighted by Gasteiger charge is 1.86. The Labute approximate surface area is 66.2 Å². The molecule has 1 heterocycles. The summed E-state index contributed by atoms with van der Waals surface area (Å²) < 4.78 is 0. The first-order valence-electron chi connectivity index (χ1n) is 2.98. The normalized spacial score (nSPS) is 28.9. The third kappa shape index (κ3) is 2.15. The van der Waals surface area contributed by atoms with Gasteiger partial charge in [-0.3, -0.25) is 0 Å². The molecule has 0 aromatic carbocycles. The summed E-state index contributed by atoms with van der Waals surface area (Å²) in [6, 6.07) is 0. The first kappa shape index (κ1) is 7.22. The molecule has 0 unspecified atom stereocenters. The second-order valence-electron chi connectivity index (χ2n) is 1.95. The fourth-order valence-electron chi connectivity index (χ4n) is 0.591. The Hall–Kier alpha value is -0.890. The molecule has 0 aromatic rings. The largest absolute Gasteiger partial charge is 0.362 e. The van der Waals surface area contributed by atoms with Gasteiger partial charge in [-0.1, -0.05) is 6.58 Å². The van der Waals surface area contributed by atoms with Crippen molar-refractivity contribution in [2.45, 2.75) is 0 Å². The van der Waals surface area contributed by atoms with E-state index in [1.165, 1.54) is 0 Å². The van der Waals surface area contributed by atoms with Gasteiger partial charge in [-0.2, -0.15) is 0 Å². The molecule has 1 N–H and O–H groups in total. The molecule has 10 heavy (non-hydrogen) atoms. The van der Waals surface area contributed by atoms with Crippen molar-refractivity contribution in [1.29, 1.82) is 0 Å². The molecule has 1 rings (SSSR count). The third-order valence-electron chi connectivity index (χ3n) is 1.09. The molecule has 0 saturated heterocycles. The monoisotopic (exact) mass is 151 g/mol. The van der Waals surface area contributed by atoms with Crippen molar-refractivity contribution < 1.29 is 0 Å². The Balaban J connectivity index is 2.81. The molecule has 0 fully saturated rings. The van der Waals surface area contributed by atoms with E-state index in [1.807, 2.05) is 30.5 Å². The maximum absolute atomic E-state index is 4.17. The maximum Gasteiger partial charge on any atom is 0.0307 e. The molecule has 0 saturated carbocycles. The predicted octanol–water partition coefficient (Wildman–Crippen LogP) is 1.99. The summed E-state index contributed by atoms with van der Waals surface area (Å²) in [6.45, 7) is 3.74. The molecular weight excluding hydrogens is 142 g/mol. The predicted molar refractivity (Wildman–Crippen MR) is 47.6 cm³/mol. The molecule has 1 aliphatic heterocycles. The van der Waals surface area contributed by atoms with E-state index in [9.17, 15) is 0 Å². The van der Waals surface area contributed by atoms with E-state index in [4.69, 9.17) is 0 Å². The van der Waals surface area contributed by atoms with Crippen molar-refractivity contribution in [2.75, 3.05) is 0 Å². The van der Waals surface area contributed by atoms with Crippen LogP contribution in [0, 0.1) is 0 Å². The van der Waals surface area contributed by atoms with Gasteiger partial charge in [-0.05, 0) is 24.3 Å². The number of thiol groups is 1. The highest BCUT2D eigenvalue weighted by Crippen LogP contribution is 2.05. The zero-order chi connectivity index (χ0) is 7.40. The van der Waals surface area contributed by atoms with E-state index in [1.54, 1.807) is 0 Å². The lowest BCUT2D eigenvalue weighted by Gasteiger charge is -2.00. The van der Waals surface area contributed by atoms with Gasteiger partial charge in [0.25, 0.3) is 0 Å². The zero-order valence-corrected chi connectivity index (χ0v) is 6.44. The van der Waals surface area contributed by atoms with Crippen LogP contribution in [0.5, 0.6) is 0 Å². The average molecular weight is 151 g/mol. The molecule has 0 atom stereocenters. The number of hydrogen-bond donors (Lipinski definition) is 2. The minimum absolute atomic E-state index is 0.871. The Morgan fingerprint density at radius 1 is 1.40 bits per heavy atom. The van der Waals surface area contributed by atoms with Crippen molar-refractivity contribution in [1.82, 2.24) is 5.32 Å². The summed E-state index contributed by atoms with van der Waals surface area (Å²) in [5.41, 5.74) is 0.871. The van der Waals surface area contributed by atoms with Crippen molar-refractivity contribution >= 4 is 12.6 Å². The fraction of sp³-hybridized carbons (Fsp3) is 0. The maximum atomic E-state index is 4.17. The summed E-state index contributed by atoms with van der Waals surface area (Å²) in [4.78, 5) is 0.930. The molecule has 0 radical (unpaired) electrons. The molecule has 1 nitrogen and oxygen atoms in total. The van der Waals surface area contributed by atoms with E-state index in [0.717, 1.165) is 10.6 Å². The standard InChI is InChI=1S/C8H9NS/c1-7-4-5-8(10)3-2-6-9-7/h2-6,9-10H,1H2/b5-4-,6-2+,8-3-. The number of rotatable bonds is 0. The van der Waals surface area contributed by atoms with Gasteiger partial charge in [0.05, 0.1) is 0 Å². The van der Waals surface area contributed by atoms with Gasteiger partial charge in [-0.25, -0.2) is 0 Å². The topological polar surface area (TPSA) is 12.0 Å². The van der Waals surface area contributed by atoms with Crippen LogP contribution in [0.15, 0.2) is 47.7 Å². The van der Waals surface area contributed by atoms with Gasteiger partial charge in [0.1, 0.15) is 0 Å². The molecule has 0 aliphatic carbocycles. The molecule has 0 amide bonds. The molecular formula is C8H9NS. The van der Waals surface area contributed by atoms with E-state index in [2.05, 4.69) is 24.5 Å². The number of hydrogen-bond acceptors (Lipinski definition) is 2. The van der Waals surface area contributed by atoms with Crippen LogP contribution >= 0.6 is 12.6 Å². The fourth-order valence-corrected chi connectivity index (χ4v) is 0.752. The molecule has 0 aromatic heterocycles. The van der Waals surface area contributed by atoms with Crippen LogP contribution in [-0.2, 0) is 0 Å². The highest BCUT2D eigenvalue weighted by molar-refractivity contribution is 7.84. The van der Waals surface area contributed by atoms with Gasteiger partial charge in [-0.15, -0.1) is 12.6 Å². The molecule has 52 valence electrons. The first-order valence-corrected chi connectivity index (χ1v) is 3.43. The van der Waals surface area contributed by atoms with E-state index in [0.29, 0.717) is 0 Å². The summed E-state index contributed by atoms with van der Waals surface area (Å²) in [5, 5.41) is 2.96. The Bertz CT molecular complexity index is 223. The SMILES string of the molecule is C=C1\C=C/C(S)=C/C=C/N1. The number of allylic oxidation sites excluding steroid dienone is 4. The third-order valence-corrected chi connectivity index (χ3v) is 1.39. The minimum Gasteiger partial charge on any atom is -0.362 e. The van der Waals surface area contributed by atoms with Gasteiger partial charge in [0.15, 0.2) is 0 Å². The van der Waals surface area contributed by atoms with Crippen LogP contribution in [0.3, 0.4) is 0 Å². The smallest absolute Gasteiger partial charge is 0.0307 e. The lowest BCUT2D eigenvalue weighted by Crippen LogP contribution is -2.00. The van der Waals surface area contributed by atoms with E-state index >= 15 is 0 Å². The van der Waals surface area contributed by atoms with E-state index in [-0.39, 0.29) is 0 Å². The van der Waals surface area contributed by atoms with Crippen LogP contribution < -0.4 is 5.32 Å². The second kappa shape index (κ2) is 3.32. The van der Waals surface area contributed by atoms with Crippen molar-refractivity contribution in [3.8, 4) is 0 Å². The lowest BCUT2D eigenvalue weighted by molar-refractivity contribution is 1.12. The van der Waals surface area contributed by atoms with Crippen LogP contribution in [0.1, 0.15) is 0 Å². The van der Waals surface area contributed by atoms with Gasteiger partial charge in [0, 0.05) is 16.8 Å². The van der Waals surface area contributed by atoms with Crippen molar-refractivity contribution in [2.24, 2.45) is 0 Å². The van der Waals surface area contributed by atoms with Gasteiger partial charge < -0.3 is 5.32 Å². The number of nitrogens with one attached hydrogen (secondary N) is 1. The Morgan fingerprint density at radius 2 is 2.20 bits per heavy atom. The van der Waals surface area contributed by atoms with Gasteiger partial charge in [0.2, 0.25) is 0 Å². The summed E-state index contributed by atoms with van der Waals surface area (Å²) in [5.74, 6) is 0. The highest BCUT2D eigenvalue weighted by atomic mass is 32.1. The van der Waals surface area contributed by atoms with Crippen LogP contribution in [0.4, 0.5) is 0 Å². The lowest BCUT2D eigenvalue weighted by atomic mass is 10.3. The second-order valence-corrected chi connectivity index (χ2v) is 2.47. The molecule has 0 spiro atoms. The Morgan fingerprint density at radius 3 is 3.00 bits per heavy atom. The van der Waals surface area contributed by atoms with Crippen molar-refractivity contribution in [3.05, 3.63) is 47.7 Å². The average Bonchev–Trinajstić information content (AvgIpc) is 1.90. The molecule has 0 bridgehead atoms. The first-order chi connectivity index (χ1) is 4.79. The van der Waals surface area contributed by atoms with E-state index < -0.39 is 0 Å². The summed E-state index contributed by atoms with van der Waals surface area (Å²) in [6.07, 6.45) is 9.38. The summed E-state index contributed by atoms with van der Waals surface area (Å²) in [7, 11) is 0. The van der Waals surface area contributed by atoms with Crippen molar-refractivity contribution in [3.63, 3.8) is 0 Å². The Kier molecular flexibility index (Phi) is 2.40. The van der Waals surface area contributed by atoms with Crippen LogP contribution in [0.2, 0.25) is 0 Å². The van der Waals surface area contributed by atoms with Gasteiger partial charge >= 0.3 is 0 Å². The quantitative estimate of drug-likeness (QED) is 0.504. The molecule has 1 aliphatic rings. The molecule has 2 heteroatoms. The zero-order valence-electron chi connectivity index (χ0n) is 5.54. The minimum atomic E-state index is 0.871. The van der Waals surface area contributed by atoms with Crippen LogP contribution in [-0.4, -0.2) is 0 Å².